The van der Waals surface area contributed by atoms with Gasteiger partial charge in [0.1, 0.15) is 5.75 Å². The molecule has 4 rings (SSSR count). The number of rotatable bonds is 4. The Bertz CT molecular complexity index is 693. The molecule has 0 bridgehead atoms. The third-order valence-corrected chi connectivity index (χ3v) is 3.99. The molecule has 1 aliphatic heterocycles. The number of hydrogen-bond donors (Lipinski definition) is 2. The van der Waals surface area contributed by atoms with E-state index in [-0.39, 0.29) is 12.7 Å². The van der Waals surface area contributed by atoms with Gasteiger partial charge in [-0.3, -0.25) is 9.89 Å². The monoisotopic (exact) mass is 299 g/mol. The number of carbonyl (C=O) groups excluding carboxylic acids is 1. The fourth-order valence-corrected chi connectivity index (χ4v) is 2.63. The number of amides is 1. The molecule has 2 N–H and O–H groups in total. The van der Waals surface area contributed by atoms with Gasteiger partial charge >= 0.3 is 0 Å². The summed E-state index contributed by atoms with van der Waals surface area (Å²) in [5.41, 5.74) is 2.77. The zero-order valence-corrected chi connectivity index (χ0v) is 12.0. The number of aromatic amines is 1. The number of nitrogens with zero attached hydrogens (tertiary/aromatic N) is 1. The van der Waals surface area contributed by atoms with Crippen LogP contribution in [0.1, 0.15) is 41.8 Å². The second-order valence-corrected chi connectivity index (χ2v) is 5.66. The Balaban J connectivity index is 1.41. The molecule has 6 nitrogen and oxygen atoms in total. The topological polar surface area (TPSA) is 76.2 Å². The molecular formula is C16H17N3O3. The van der Waals surface area contributed by atoms with E-state index in [1.54, 1.807) is 0 Å². The normalized spacial score (nSPS) is 20.1. The quantitative estimate of drug-likeness (QED) is 0.905. The van der Waals surface area contributed by atoms with Gasteiger partial charge in [-0.1, -0.05) is 18.2 Å². The van der Waals surface area contributed by atoms with Gasteiger partial charge in [-0.15, -0.1) is 0 Å². The van der Waals surface area contributed by atoms with Crippen molar-refractivity contribution in [2.24, 2.45) is 0 Å². The Morgan fingerprint density at radius 3 is 3.09 bits per heavy atom. The number of hydrogen-bond acceptors (Lipinski definition) is 4. The number of ether oxygens (including phenoxy) is 2. The molecule has 1 aliphatic carbocycles. The first kappa shape index (κ1) is 13.3. The number of benzene rings is 1. The summed E-state index contributed by atoms with van der Waals surface area (Å²) in [4.78, 5) is 12.4. The van der Waals surface area contributed by atoms with Crippen molar-refractivity contribution in [2.75, 3.05) is 6.79 Å². The largest absolute Gasteiger partial charge is 0.467 e. The highest BCUT2D eigenvalue weighted by atomic mass is 16.7. The van der Waals surface area contributed by atoms with E-state index < -0.39 is 6.10 Å². The van der Waals surface area contributed by atoms with Gasteiger partial charge in [0.05, 0.1) is 17.9 Å². The molecular weight excluding hydrogens is 282 g/mol. The van der Waals surface area contributed by atoms with Crippen LogP contribution in [0.5, 0.6) is 5.75 Å². The number of H-pyrrole nitrogens is 1. The van der Waals surface area contributed by atoms with E-state index in [0.717, 1.165) is 17.0 Å². The van der Waals surface area contributed by atoms with E-state index in [1.165, 1.54) is 12.8 Å². The molecule has 1 aromatic heterocycles. The molecule has 0 radical (unpaired) electrons. The fourth-order valence-electron chi connectivity index (χ4n) is 2.63. The van der Waals surface area contributed by atoms with Gasteiger partial charge in [0, 0.05) is 11.5 Å². The van der Waals surface area contributed by atoms with Crippen molar-refractivity contribution >= 4 is 5.91 Å². The van der Waals surface area contributed by atoms with E-state index in [0.29, 0.717) is 18.2 Å². The Morgan fingerprint density at radius 2 is 2.23 bits per heavy atom. The highest BCUT2D eigenvalue weighted by Gasteiger charge is 2.29. The number of nitrogens with one attached hydrogen (secondary N) is 2. The van der Waals surface area contributed by atoms with Gasteiger partial charge in [-0.2, -0.15) is 5.10 Å². The van der Waals surface area contributed by atoms with Crippen LogP contribution >= 0.6 is 0 Å². The van der Waals surface area contributed by atoms with Crippen molar-refractivity contribution in [1.29, 1.82) is 0 Å². The third kappa shape index (κ3) is 2.57. The van der Waals surface area contributed by atoms with Crippen molar-refractivity contribution < 1.29 is 14.3 Å². The van der Waals surface area contributed by atoms with Crippen LogP contribution in [-0.4, -0.2) is 22.9 Å². The van der Waals surface area contributed by atoms with E-state index in [4.69, 9.17) is 9.47 Å². The molecule has 22 heavy (non-hydrogen) atoms. The molecule has 1 aromatic carbocycles. The lowest BCUT2D eigenvalue weighted by atomic mass is 10.1. The zero-order valence-electron chi connectivity index (χ0n) is 12.0. The highest BCUT2D eigenvalue weighted by Crippen LogP contribution is 2.39. The summed E-state index contributed by atoms with van der Waals surface area (Å²) in [5, 5.41) is 10.1. The van der Waals surface area contributed by atoms with Gasteiger partial charge in [0.2, 0.25) is 0 Å². The Morgan fingerprint density at radius 1 is 1.36 bits per heavy atom. The van der Waals surface area contributed by atoms with Gasteiger partial charge in [-0.25, -0.2) is 0 Å². The van der Waals surface area contributed by atoms with Crippen LogP contribution in [-0.2, 0) is 16.1 Å². The van der Waals surface area contributed by atoms with Crippen LogP contribution in [0.25, 0.3) is 0 Å². The molecule has 0 saturated heterocycles. The standard InChI is InChI=1S/C16H17N3O3/c20-16(15-12-3-1-2-4-14(12)21-9-22-15)17-8-11-7-13(19-18-11)10-5-6-10/h1-4,7,10,15H,5-6,8-9H2,(H,17,20)(H,18,19). The fraction of sp³-hybridized carbons (Fsp3) is 0.375. The summed E-state index contributed by atoms with van der Waals surface area (Å²) in [6, 6.07) is 9.46. The second kappa shape index (κ2) is 5.46. The van der Waals surface area contributed by atoms with E-state index in [9.17, 15) is 4.79 Å². The minimum Gasteiger partial charge on any atom is -0.467 e. The molecule has 0 spiro atoms. The highest BCUT2D eigenvalue weighted by molar-refractivity contribution is 5.83. The maximum absolute atomic E-state index is 12.4. The van der Waals surface area contributed by atoms with E-state index in [2.05, 4.69) is 15.5 Å². The molecule has 2 aromatic rings. The van der Waals surface area contributed by atoms with Gasteiger partial charge < -0.3 is 14.8 Å². The van der Waals surface area contributed by atoms with Crippen LogP contribution in [0.3, 0.4) is 0 Å². The van der Waals surface area contributed by atoms with Crippen LogP contribution < -0.4 is 10.1 Å². The van der Waals surface area contributed by atoms with Crippen molar-refractivity contribution in [2.45, 2.75) is 31.4 Å². The average molecular weight is 299 g/mol. The van der Waals surface area contributed by atoms with Crippen LogP contribution in [0.2, 0.25) is 0 Å². The average Bonchev–Trinajstić information content (AvgIpc) is 3.31. The smallest absolute Gasteiger partial charge is 0.254 e. The first-order valence-electron chi connectivity index (χ1n) is 7.46. The lowest BCUT2D eigenvalue weighted by Crippen LogP contribution is -2.33. The summed E-state index contributed by atoms with van der Waals surface area (Å²) in [6.07, 6.45) is 1.79. The van der Waals surface area contributed by atoms with Gasteiger partial charge in [0.15, 0.2) is 12.9 Å². The molecule has 1 fully saturated rings. The lowest BCUT2D eigenvalue weighted by Gasteiger charge is -2.25. The minimum atomic E-state index is -0.629. The third-order valence-electron chi connectivity index (χ3n) is 3.99. The molecule has 6 heteroatoms. The lowest BCUT2D eigenvalue weighted by molar-refractivity contribution is -0.142. The molecule has 2 heterocycles. The maximum atomic E-state index is 12.4. The number of fused-ring (bicyclic) bond motifs is 1. The predicted octanol–water partition coefficient (Wildman–Crippen LogP) is 2.01. The zero-order chi connectivity index (χ0) is 14.9. The summed E-state index contributed by atoms with van der Waals surface area (Å²) in [5.74, 6) is 1.14. The molecule has 1 atom stereocenters. The number of para-hydroxylation sites is 1. The maximum Gasteiger partial charge on any atom is 0.254 e. The van der Waals surface area contributed by atoms with Crippen molar-refractivity contribution in [3.8, 4) is 5.75 Å². The summed E-state index contributed by atoms with van der Waals surface area (Å²) < 4.78 is 10.8. The minimum absolute atomic E-state index is 0.0883. The van der Waals surface area contributed by atoms with Crippen LogP contribution in [0, 0.1) is 0 Å². The molecule has 1 unspecified atom stereocenters. The molecule has 1 saturated carbocycles. The first-order chi connectivity index (χ1) is 10.8. The summed E-state index contributed by atoms with van der Waals surface area (Å²) in [7, 11) is 0. The SMILES string of the molecule is O=C(NCc1cc(C2CC2)n[nH]1)C1OCOc2ccccc21. The van der Waals surface area contributed by atoms with E-state index in [1.807, 2.05) is 30.3 Å². The van der Waals surface area contributed by atoms with Crippen molar-refractivity contribution in [3.05, 3.63) is 47.3 Å². The number of carbonyl (C=O) groups is 1. The Kier molecular flexibility index (Phi) is 3.31. The second-order valence-electron chi connectivity index (χ2n) is 5.66. The molecule has 1 amide bonds. The summed E-state index contributed by atoms with van der Waals surface area (Å²) >= 11 is 0. The molecule has 2 aliphatic rings. The van der Waals surface area contributed by atoms with Crippen molar-refractivity contribution in [1.82, 2.24) is 15.5 Å². The van der Waals surface area contributed by atoms with Crippen molar-refractivity contribution in [3.63, 3.8) is 0 Å². The Labute approximate surface area is 127 Å². The van der Waals surface area contributed by atoms with Crippen LogP contribution in [0.4, 0.5) is 0 Å². The van der Waals surface area contributed by atoms with Gasteiger partial charge in [0.25, 0.3) is 5.91 Å². The predicted molar refractivity (Wildman–Crippen MR) is 78.2 cm³/mol. The first-order valence-corrected chi connectivity index (χ1v) is 7.46. The molecule has 114 valence electrons. The summed E-state index contributed by atoms with van der Waals surface area (Å²) in [6.45, 7) is 0.506. The van der Waals surface area contributed by atoms with Crippen LogP contribution in [0.15, 0.2) is 30.3 Å². The van der Waals surface area contributed by atoms with Gasteiger partial charge in [-0.05, 0) is 25.0 Å². The number of aromatic nitrogens is 2. The van der Waals surface area contributed by atoms with E-state index >= 15 is 0 Å². The Hall–Kier alpha value is -2.34.